The van der Waals surface area contributed by atoms with Crippen molar-refractivity contribution in [1.29, 1.82) is 0 Å². The summed E-state index contributed by atoms with van der Waals surface area (Å²) in [5.41, 5.74) is 6.84. The van der Waals surface area contributed by atoms with Crippen molar-refractivity contribution in [3.05, 3.63) is 64.5 Å². The van der Waals surface area contributed by atoms with Gasteiger partial charge in [0.05, 0.1) is 5.52 Å². The Labute approximate surface area is 212 Å². The monoisotopic (exact) mass is 472 g/mol. The summed E-state index contributed by atoms with van der Waals surface area (Å²) in [4.78, 5) is 11.8. The molecule has 3 aromatic rings. The average molecular weight is 473 g/mol. The topological polar surface area (TPSA) is 41.1 Å². The van der Waals surface area contributed by atoms with Crippen molar-refractivity contribution in [3.63, 3.8) is 0 Å². The molecule has 1 aliphatic carbocycles. The summed E-state index contributed by atoms with van der Waals surface area (Å²) in [6.45, 7) is 8.96. The Morgan fingerprint density at radius 2 is 1.57 bits per heavy atom. The molecule has 1 saturated carbocycles. The SMILES string of the molecule is Cc1cc(C)c(CCNCC2CCC(CCCc3nc(N(C)C)c4ccccc4n3)CC2)c(C)c1. The Morgan fingerprint density at radius 1 is 0.886 bits per heavy atom. The average Bonchev–Trinajstić information content (AvgIpc) is 2.83. The zero-order valence-corrected chi connectivity index (χ0v) is 22.5. The Kier molecular flexibility index (Phi) is 8.78. The normalized spacial score (nSPS) is 18.2. The van der Waals surface area contributed by atoms with Crippen LogP contribution in [-0.2, 0) is 12.8 Å². The smallest absolute Gasteiger partial charge is 0.139 e. The Hall–Kier alpha value is -2.46. The van der Waals surface area contributed by atoms with Crippen LogP contribution in [0, 0.1) is 32.6 Å². The third-order valence-corrected chi connectivity index (χ3v) is 7.86. The van der Waals surface area contributed by atoms with Gasteiger partial charge in [0, 0.05) is 25.9 Å². The third kappa shape index (κ3) is 6.82. The molecule has 1 aliphatic rings. The van der Waals surface area contributed by atoms with Crippen molar-refractivity contribution in [2.45, 2.75) is 72.1 Å². The number of benzene rings is 2. The van der Waals surface area contributed by atoms with E-state index in [9.17, 15) is 0 Å². The molecule has 1 aromatic heterocycles. The number of hydrogen-bond donors (Lipinski definition) is 1. The fraction of sp³-hybridized carbons (Fsp3) is 0.548. The number of aromatic nitrogens is 2. The highest BCUT2D eigenvalue weighted by Gasteiger charge is 2.21. The lowest BCUT2D eigenvalue weighted by molar-refractivity contribution is 0.254. The maximum absolute atomic E-state index is 4.88. The first-order chi connectivity index (χ1) is 16.9. The van der Waals surface area contributed by atoms with Crippen molar-refractivity contribution < 1.29 is 0 Å². The van der Waals surface area contributed by atoms with E-state index in [2.05, 4.69) is 81.5 Å². The standard InChI is InChI=1S/C31H44N4/c1-22-19-23(2)27(24(3)20-22)17-18-32-21-26-15-13-25(14-16-26)9-8-12-30-33-29-11-7-6-10-28(29)31(34-30)35(4)5/h6-7,10-11,19-20,25-26,32H,8-9,12-18,21H2,1-5H3. The second kappa shape index (κ2) is 12.0. The Morgan fingerprint density at radius 3 is 2.29 bits per heavy atom. The minimum Gasteiger partial charge on any atom is -0.362 e. The van der Waals surface area contributed by atoms with Crippen LogP contribution < -0.4 is 10.2 Å². The first-order valence-corrected chi connectivity index (χ1v) is 13.6. The summed E-state index contributed by atoms with van der Waals surface area (Å²) in [5.74, 6) is 3.74. The molecule has 4 rings (SSSR count). The molecule has 0 amide bonds. The van der Waals surface area contributed by atoms with Crippen LogP contribution in [-0.4, -0.2) is 37.2 Å². The maximum Gasteiger partial charge on any atom is 0.139 e. The summed E-state index contributed by atoms with van der Waals surface area (Å²) in [6, 6.07) is 13.0. The van der Waals surface area contributed by atoms with E-state index in [1.54, 1.807) is 0 Å². The van der Waals surface area contributed by atoms with Crippen LogP contribution in [0.2, 0.25) is 0 Å². The number of rotatable bonds is 10. The van der Waals surface area contributed by atoms with Gasteiger partial charge in [0.2, 0.25) is 0 Å². The van der Waals surface area contributed by atoms with Gasteiger partial charge < -0.3 is 10.2 Å². The van der Waals surface area contributed by atoms with Crippen molar-refractivity contribution in [2.24, 2.45) is 11.8 Å². The van der Waals surface area contributed by atoms with Gasteiger partial charge in [-0.2, -0.15) is 0 Å². The van der Waals surface area contributed by atoms with E-state index in [-0.39, 0.29) is 0 Å². The first-order valence-electron chi connectivity index (χ1n) is 13.6. The minimum atomic E-state index is 0.845. The highest BCUT2D eigenvalue weighted by Crippen LogP contribution is 2.32. The van der Waals surface area contributed by atoms with Gasteiger partial charge >= 0.3 is 0 Å². The van der Waals surface area contributed by atoms with Gasteiger partial charge in [-0.25, -0.2) is 9.97 Å². The van der Waals surface area contributed by atoms with Crippen LogP contribution in [0.5, 0.6) is 0 Å². The van der Waals surface area contributed by atoms with Crippen LogP contribution in [0.1, 0.15) is 66.6 Å². The predicted octanol–water partition coefficient (Wildman–Crippen LogP) is 6.58. The molecule has 0 saturated heterocycles. The molecule has 1 fully saturated rings. The Balaban J connectivity index is 1.17. The molecule has 0 atom stereocenters. The number of fused-ring (bicyclic) bond motifs is 1. The summed E-state index contributed by atoms with van der Waals surface area (Å²) in [7, 11) is 4.13. The number of para-hydroxylation sites is 1. The molecular formula is C31H44N4. The summed E-state index contributed by atoms with van der Waals surface area (Å²) in [5, 5.41) is 4.90. The molecular weight excluding hydrogens is 428 g/mol. The number of anilines is 1. The zero-order valence-electron chi connectivity index (χ0n) is 22.5. The number of nitrogens with zero attached hydrogens (tertiary/aromatic N) is 3. The largest absolute Gasteiger partial charge is 0.362 e. The molecule has 1 N–H and O–H groups in total. The van der Waals surface area contributed by atoms with Crippen molar-refractivity contribution >= 4 is 16.7 Å². The van der Waals surface area contributed by atoms with E-state index in [1.165, 1.54) is 67.3 Å². The summed E-state index contributed by atoms with van der Waals surface area (Å²) >= 11 is 0. The second-order valence-corrected chi connectivity index (χ2v) is 11.0. The molecule has 0 unspecified atom stereocenters. The van der Waals surface area contributed by atoms with E-state index < -0.39 is 0 Å². The van der Waals surface area contributed by atoms with Crippen LogP contribution in [0.15, 0.2) is 36.4 Å². The van der Waals surface area contributed by atoms with Gasteiger partial charge in [-0.3, -0.25) is 0 Å². The molecule has 35 heavy (non-hydrogen) atoms. The van der Waals surface area contributed by atoms with E-state index in [4.69, 9.17) is 9.97 Å². The number of hydrogen-bond acceptors (Lipinski definition) is 4. The highest BCUT2D eigenvalue weighted by molar-refractivity contribution is 5.89. The minimum absolute atomic E-state index is 0.845. The Bertz CT molecular complexity index is 1090. The lowest BCUT2D eigenvalue weighted by Crippen LogP contribution is -2.28. The van der Waals surface area contributed by atoms with Crippen molar-refractivity contribution in [2.75, 3.05) is 32.1 Å². The van der Waals surface area contributed by atoms with E-state index in [0.29, 0.717) is 0 Å². The lowest BCUT2D eigenvalue weighted by Gasteiger charge is -2.28. The van der Waals surface area contributed by atoms with Gasteiger partial charge in [-0.05, 0) is 100 Å². The fourth-order valence-corrected chi connectivity index (χ4v) is 5.96. The molecule has 2 aromatic carbocycles. The molecule has 1 heterocycles. The summed E-state index contributed by atoms with van der Waals surface area (Å²) < 4.78 is 0. The molecule has 4 nitrogen and oxygen atoms in total. The van der Waals surface area contributed by atoms with Crippen molar-refractivity contribution in [3.8, 4) is 0 Å². The molecule has 0 spiro atoms. The van der Waals surface area contributed by atoms with Gasteiger partial charge in [0.1, 0.15) is 11.6 Å². The molecule has 188 valence electrons. The second-order valence-electron chi connectivity index (χ2n) is 11.0. The van der Waals surface area contributed by atoms with Crippen LogP contribution in [0.4, 0.5) is 5.82 Å². The molecule has 0 bridgehead atoms. The van der Waals surface area contributed by atoms with E-state index in [1.807, 2.05) is 0 Å². The fourth-order valence-electron chi connectivity index (χ4n) is 5.96. The van der Waals surface area contributed by atoms with Gasteiger partial charge in [0.25, 0.3) is 0 Å². The first kappa shape index (κ1) is 25.6. The van der Waals surface area contributed by atoms with Crippen molar-refractivity contribution in [1.82, 2.24) is 15.3 Å². The summed E-state index contributed by atoms with van der Waals surface area (Å²) in [6.07, 6.45) is 10.1. The molecule has 4 heteroatoms. The quantitative estimate of drug-likeness (QED) is 0.338. The zero-order chi connectivity index (χ0) is 24.8. The van der Waals surface area contributed by atoms with Crippen LogP contribution >= 0.6 is 0 Å². The van der Waals surface area contributed by atoms with Crippen LogP contribution in [0.3, 0.4) is 0 Å². The number of nitrogens with one attached hydrogen (secondary N) is 1. The molecule has 0 radical (unpaired) electrons. The molecule has 0 aliphatic heterocycles. The van der Waals surface area contributed by atoms with E-state index in [0.717, 1.165) is 53.8 Å². The number of aryl methyl sites for hydroxylation is 4. The van der Waals surface area contributed by atoms with Gasteiger partial charge in [0.15, 0.2) is 0 Å². The third-order valence-electron chi connectivity index (χ3n) is 7.86. The van der Waals surface area contributed by atoms with Gasteiger partial charge in [-0.15, -0.1) is 0 Å². The predicted molar refractivity (Wildman–Crippen MR) is 149 cm³/mol. The lowest BCUT2D eigenvalue weighted by atomic mass is 9.80. The highest BCUT2D eigenvalue weighted by atomic mass is 15.1. The maximum atomic E-state index is 4.88. The van der Waals surface area contributed by atoms with Crippen LogP contribution in [0.25, 0.3) is 10.9 Å². The van der Waals surface area contributed by atoms with E-state index >= 15 is 0 Å². The van der Waals surface area contributed by atoms with Gasteiger partial charge in [-0.1, -0.05) is 49.1 Å².